The maximum atomic E-state index is 2.74. The van der Waals surface area contributed by atoms with Gasteiger partial charge in [0, 0.05) is 12.6 Å². The summed E-state index contributed by atoms with van der Waals surface area (Å²) in [5.74, 6) is 0. The van der Waals surface area contributed by atoms with Crippen molar-refractivity contribution >= 4 is 0 Å². The lowest BCUT2D eigenvalue weighted by Gasteiger charge is -2.27. The molecular formula is C12H24N2. The number of hydrogen-bond donors (Lipinski definition) is 0. The van der Waals surface area contributed by atoms with Gasteiger partial charge in [0.1, 0.15) is 0 Å². The predicted molar refractivity (Wildman–Crippen MR) is 60.3 cm³/mol. The van der Waals surface area contributed by atoms with E-state index in [2.05, 4.69) is 23.6 Å². The molecule has 0 aromatic rings. The first-order valence-electron chi connectivity index (χ1n) is 6.32. The van der Waals surface area contributed by atoms with E-state index >= 15 is 0 Å². The van der Waals surface area contributed by atoms with E-state index in [1.807, 2.05) is 0 Å². The normalized spacial score (nSPS) is 35.6. The third-order valence-electron chi connectivity index (χ3n) is 3.89. The molecule has 2 fully saturated rings. The summed E-state index contributed by atoms with van der Waals surface area (Å²) >= 11 is 0. The zero-order valence-corrected chi connectivity index (χ0v) is 9.71. The molecule has 0 radical (unpaired) electrons. The molecule has 0 bridgehead atoms. The van der Waals surface area contributed by atoms with E-state index in [-0.39, 0.29) is 0 Å². The molecule has 2 heterocycles. The van der Waals surface area contributed by atoms with Gasteiger partial charge >= 0.3 is 0 Å². The van der Waals surface area contributed by atoms with Gasteiger partial charge in [-0.2, -0.15) is 0 Å². The SMILES string of the molecule is CCCN1CC2CCCCCN2C1C. The number of rotatable bonds is 2. The van der Waals surface area contributed by atoms with E-state index in [0.29, 0.717) is 6.17 Å². The lowest BCUT2D eigenvalue weighted by molar-refractivity contribution is 0.139. The van der Waals surface area contributed by atoms with Crippen LogP contribution >= 0.6 is 0 Å². The van der Waals surface area contributed by atoms with Gasteiger partial charge in [-0.3, -0.25) is 9.80 Å². The molecule has 2 rings (SSSR count). The van der Waals surface area contributed by atoms with Gasteiger partial charge in [-0.05, 0) is 39.3 Å². The Morgan fingerprint density at radius 1 is 1.21 bits per heavy atom. The first kappa shape index (κ1) is 10.4. The van der Waals surface area contributed by atoms with E-state index in [1.165, 1.54) is 51.7 Å². The van der Waals surface area contributed by atoms with Crippen molar-refractivity contribution in [2.75, 3.05) is 19.6 Å². The third-order valence-corrected chi connectivity index (χ3v) is 3.89. The molecule has 2 saturated heterocycles. The van der Waals surface area contributed by atoms with Crippen LogP contribution in [0.1, 0.15) is 46.0 Å². The fourth-order valence-electron chi connectivity index (χ4n) is 3.09. The minimum atomic E-state index is 0.707. The molecule has 2 heteroatoms. The van der Waals surface area contributed by atoms with E-state index in [1.54, 1.807) is 0 Å². The van der Waals surface area contributed by atoms with Crippen LogP contribution in [0, 0.1) is 0 Å². The molecule has 2 aliphatic heterocycles. The number of fused-ring (bicyclic) bond motifs is 1. The van der Waals surface area contributed by atoms with Crippen LogP contribution in [0.2, 0.25) is 0 Å². The Balaban J connectivity index is 1.97. The number of nitrogens with zero attached hydrogens (tertiary/aromatic N) is 2. The maximum Gasteiger partial charge on any atom is 0.0596 e. The summed E-state index contributed by atoms with van der Waals surface area (Å²) in [5.41, 5.74) is 0. The predicted octanol–water partition coefficient (Wildman–Crippen LogP) is 2.30. The fraction of sp³-hybridized carbons (Fsp3) is 1.00. The van der Waals surface area contributed by atoms with Gasteiger partial charge in [-0.1, -0.05) is 19.8 Å². The van der Waals surface area contributed by atoms with Crippen LogP contribution in [0.15, 0.2) is 0 Å². The van der Waals surface area contributed by atoms with Crippen LogP contribution in [0.4, 0.5) is 0 Å². The Hall–Kier alpha value is -0.0800. The molecule has 2 aliphatic rings. The van der Waals surface area contributed by atoms with Crippen LogP contribution in [-0.2, 0) is 0 Å². The lowest BCUT2D eigenvalue weighted by Crippen LogP contribution is -2.38. The standard InChI is InChI=1S/C12H24N2/c1-3-8-13-10-12-7-5-4-6-9-14(12)11(13)2/h11-12H,3-10H2,1-2H3. The Labute approximate surface area is 88.3 Å². The van der Waals surface area contributed by atoms with Crippen LogP contribution < -0.4 is 0 Å². The average Bonchev–Trinajstić information content (AvgIpc) is 2.41. The van der Waals surface area contributed by atoms with Crippen molar-refractivity contribution < 1.29 is 0 Å². The second-order valence-corrected chi connectivity index (χ2v) is 4.87. The van der Waals surface area contributed by atoms with Crippen molar-refractivity contribution in [3.05, 3.63) is 0 Å². The quantitative estimate of drug-likeness (QED) is 0.668. The Bertz CT molecular complexity index is 181. The van der Waals surface area contributed by atoms with Gasteiger partial charge < -0.3 is 0 Å². The summed E-state index contributed by atoms with van der Waals surface area (Å²) in [5, 5.41) is 0. The summed E-state index contributed by atoms with van der Waals surface area (Å²) in [6.45, 7) is 8.63. The Morgan fingerprint density at radius 2 is 2.07 bits per heavy atom. The van der Waals surface area contributed by atoms with E-state index in [4.69, 9.17) is 0 Å². The number of hydrogen-bond acceptors (Lipinski definition) is 2. The molecule has 82 valence electrons. The second-order valence-electron chi connectivity index (χ2n) is 4.87. The van der Waals surface area contributed by atoms with Crippen molar-refractivity contribution in [3.63, 3.8) is 0 Å². The topological polar surface area (TPSA) is 6.48 Å². The van der Waals surface area contributed by atoms with Crippen molar-refractivity contribution in [1.82, 2.24) is 9.80 Å². The summed E-state index contributed by atoms with van der Waals surface area (Å²) in [6.07, 6.45) is 7.76. The molecular weight excluding hydrogens is 172 g/mol. The van der Waals surface area contributed by atoms with Crippen LogP contribution in [0.3, 0.4) is 0 Å². The smallest absolute Gasteiger partial charge is 0.0596 e. The van der Waals surface area contributed by atoms with Gasteiger partial charge in [0.05, 0.1) is 6.17 Å². The van der Waals surface area contributed by atoms with E-state index < -0.39 is 0 Å². The van der Waals surface area contributed by atoms with Crippen molar-refractivity contribution in [2.45, 2.75) is 58.2 Å². The van der Waals surface area contributed by atoms with Crippen LogP contribution in [0.25, 0.3) is 0 Å². The molecule has 14 heavy (non-hydrogen) atoms. The minimum absolute atomic E-state index is 0.707. The molecule has 0 aromatic carbocycles. The highest BCUT2D eigenvalue weighted by molar-refractivity contribution is 4.89. The maximum absolute atomic E-state index is 2.74. The highest BCUT2D eigenvalue weighted by Crippen LogP contribution is 2.27. The second kappa shape index (κ2) is 4.63. The summed E-state index contributed by atoms with van der Waals surface area (Å²) in [7, 11) is 0. The van der Waals surface area contributed by atoms with Gasteiger partial charge in [-0.15, -0.1) is 0 Å². The van der Waals surface area contributed by atoms with Gasteiger partial charge in [-0.25, -0.2) is 0 Å². The average molecular weight is 196 g/mol. The van der Waals surface area contributed by atoms with Gasteiger partial charge in [0.2, 0.25) is 0 Å². The highest BCUT2D eigenvalue weighted by Gasteiger charge is 2.35. The molecule has 0 amide bonds. The van der Waals surface area contributed by atoms with Crippen molar-refractivity contribution in [1.29, 1.82) is 0 Å². The molecule has 2 unspecified atom stereocenters. The van der Waals surface area contributed by atoms with Crippen LogP contribution in [-0.4, -0.2) is 41.6 Å². The van der Waals surface area contributed by atoms with Crippen molar-refractivity contribution in [2.24, 2.45) is 0 Å². The van der Waals surface area contributed by atoms with E-state index in [9.17, 15) is 0 Å². The Morgan fingerprint density at radius 3 is 2.86 bits per heavy atom. The first-order valence-corrected chi connectivity index (χ1v) is 6.32. The Kier molecular flexibility index (Phi) is 3.45. The molecule has 0 aliphatic carbocycles. The molecule has 2 atom stereocenters. The molecule has 0 aromatic heterocycles. The molecule has 0 N–H and O–H groups in total. The summed E-state index contributed by atoms with van der Waals surface area (Å²) in [6, 6.07) is 0.874. The fourth-order valence-corrected chi connectivity index (χ4v) is 3.09. The summed E-state index contributed by atoms with van der Waals surface area (Å²) < 4.78 is 0. The van der Waals surface area contributed by atoms with Crippen molar-refractivity contribution in [3.8, 4) is 0 Å². The molecule has 2 nitrogen and oxygen atoms in total. The zero-order valence-electron chi connectivity index (χ0n) is 9.71. The first-order chi connectivity index (χ1) is 6.83. The minimum Gasteiger partial charge on any atom is -0.287 e. The van der Waals surface area contributed by atoms with Crippen LogP contribution in [0.5, 0.6) is 0 Å². The summed E-state index contributed by atoms with van der Waals surface area (Å²) in [4.78, 5) is 5.40. The van der Waals surface area contributed by atoms with Gasteiger partial charge in [0.25, 0.3) is 0 Å². The monoisotopic (exact) mass is 196 g/mol. The zero-order chi connectivity index (χ0) is 9.97. The van der Waals surface area contributed by atoms with E-state index in [0.717, 1.165) is 6.04 Å². The highest BCUT2D eigenvalue weighted by atomic mass is 15.4. The molecule has 0 saturated carbocycles. The molecule has 0 spiro atoms. The lowest BCUT2D eigenvalue weighted by atomic mass is 10.1. The largest absolute Gasteiger partial charge is 0.287 e. The third kappa shape index (κ3) is 1.96. The van der Waals surface area contributed by atoms with Gasteiger partial charge in [0.15, 0.2) is 0 Å².